The highest BCUT2D eigenvalue weighted by Gasteiger charge is 2.25. The van der Waals surface area contributed by atoms with E-state index in [-0.39, 0.29) is 0 Å². The van der Waals surface area contributed by atoms with Crippen LogP contribution in [0.1, 0.15) is 62.8 Å². The zero-order chi connectivity index (χ0) is 12.3. The van der Waals surface area contributed by atoms with Crippen LogP contribution in [-0.2, 0) is 0 Å². The molecule has 1 atom stereocenters. The summed E-state index contributed by atoms with van der Waals surface area (Å²) in [5.74, 6) is 2.27. The Bertz CT molecular complexity index is 345. The van der Waals surface area contributed by atoms with E-state index < -0.39 is 6.10 Å². The van der Waals surface area contributed by atoms with E-state index in [1.165, 1.54) is 12.8 Å². The van der Waals surface area contributed by atoms with Crippen LogP contribution in [0.15, 0.2) is 4.52 Å². The number of nitrogens with zero attached hydrogens (tertiary/aromatic N) is 2. The predicted octanol–water partition coefficient (Wildman–Crippen LogP) is 1.75. The topological polar surface area (TPSA) is 85.2 Å². The maximum absolute atomic E-state index is 9.70. The second-order valence-corrected chi connectivity index (χ2v) is 5.04. The molecule has 0 aromatic carbocycles. The van der Waals surface area contributed by atoms with Gasteiger partial charge in [0.25, 0.3) is 5.89 Å². The predicted molar refractivity (Wildman–Crippen MR) is 63.3 cm³/mol. The van der Waals surface area contributed by atoms with Gasteiger partial charge in [-0.25, -0.2) is 0 Å². The molecule has 1 heterocycles. The van der Waals surface area contributed by atoms with E-state index in [4.69, 9.17) is 10.3 Å². The van der Waals surface area contributed by atoms with E-state index in [0.29, 0.717) is 24.8 Å². The molecular weight excluding hydrogens is 218 g/mol. The highest BCUT2D eigenvalue weighted by molar-refractivity contribution is 4.98. The van der Waals surface area contributed by atoms with Gasteiger partial charge in [-0.3, -0.25) is 0 Å². The summed E-state index contributed by atoms with van der Waals surface area (Å²) in [6, 6.07) is 0. The second kappa shape index (κ2) is 5.60. The molecule has 0 saturated heterocycles. The first kappa shape index (κ1) is 12.5. The SMILES string of the molecule is CC1CCC(c2noc(C(O)CCN)n2)CC1. The summed E-state index contributed by atoms with van der Waals surface area (Å²) in [7, 11) is 0. The minimum atomic E-state index is -0.719. The van der Waals surface area contributed by atoms with Crippen LogP contribution >= 0.6 is 0 Å². The minimum absolute atomic E-state index is 0.309. The van der Waals surface area contributed by atoms with E-state index in [1.54, 1.807) is 0 Å². The summed E-state index contributed by atoms with van der Waals surface area (Å²) in [5.41, 5.74) is 5.38. The number of rotatable bonds is 4. The van der Waals surface area contributed by atoms with Crippen molar-refractivity contribution in [2.45, 2.75) is 51.0 Å². The van der Waals surface area contributed by atoms with Crippen molar-refractivity contribution >= 4 is 0 Å². The molecule has 17 heavy (non-hydrogen) atoms. The maximum Gasteiger partial charge on any atom is 0.255 e. The molecule has 0 radical (unpaired) electrons. The molecule has 1 aliphatic rings. The Morgan fingerprint density at radius 1 is 1.41 bits per heavy atom. The molecule has 1 unspecified atom stereocenters. The Morgan fingerprint density at radius 2 is 2.12 bits per heavy atom. The molecule has 2 rings (SSSR count). The largest absolute Gasteiger partial charge is 0.383 e. The lowest BCUT2D eigenvalue weighted by atomic mass is 9.83. The van der Waals surface area contributed by atoms with Gasteiger partial charge >= 0.3 is 0 Å². The van der Waals surface area contributed by atoms with Crippen LogP contribution in [0, 0.1) is 5.92 Å². The first-order valence-corrected chi connectivity index (χ1v) is 6.42. The quantitative estimate of drug-likeness (QED) is 0.836. The molecule has 0 bridgehead atoms. The molecule has 96 valence electrons. The van der Waals surface area contributed by atoms with Crippen LogP contribution in [-0.4, -0.2) is 21.8 Å². The highest BCUT2D eigenvalue weighted by atomic mass is 16.5. The number of aliphatic hydroxyl groups excluding tert-OH is 1. The van der Waals surface area contributed by atoms with Crippen molar-refractivity contribution in [3.63, 3.8) is 0 Å². The normalized spacial score (nSPS) is 27.0. The van der Waals surface area contributed by atoms with E-state index in [2.05, 4.69) is 17.1 Å². The molecule has 1 fully saturated rings. The molecular formula is C12H21N3O2. The fourth-order valence-electron chi connectivity index (χ4n) is 2.35. The van der Waals surface area contributed by atoms with Crippen molar-refractivity contribution < 1.29 is 9.63 Å². The van der Waals surface area contributed by atoms with Crippen molar-refractivity contribution in [2.24, 2.45) is 11.7 Å². The van der Waals surface area contributed by atoms with E-state index in [0.717, 1.165) is 24.6 Å². The summed E-state index contributed by atoms with van der Waals surface area (Å²) < 4.78 is 5.09. The lowest BCUT2D eigenvalue weighted by Crippen LogP contribution is -2.12. The van der Waals surface area contributed by atoms with E-state index >= 15 is 0 Å². The number of hydrogen-bond acceptors (Lipinski definition) is 5. The lowest BCUT2D eigenvalue weighted by Gasteiger charge is -2.23. The summed E-state index contributed by atoms with van der Waals surface area (Å²) in [6.45, 7) is 2.70. The Labute approximate surface area is 101 Å². The highest BCUT2D eigenvalue weighted by Crippen LogP contribution is 2.34. The smallest absolute Gasteiger partial charge is 0.255 e. The van der Waals surface area contributed by atoms with Crippen LogP contribution in [0.4, 0.5) is 0 Å². The first-order chi connectivity index (χ1) is 8.20. The number of aromatic nitrogens is 2. The van der Waals surface area contributed by atoms with Gasteiger partial charge in [-0.1, -0.05) is 24.9 Å². The summed E-state index contributed by atoms with van der Waals surface area (Å²) in [6.07, 6.45) is 4.42. The Hall–Kier alpha value is -0.940. The summed E-state index contributed by atoms with van der Waals surface area (Å²) in [5, 5.41) is 13.7. The van der Waals surface area contributed by atoms with Crippen LogP contribution in [0.5, 0.6) is 0 Å². The third kappa shape index (κ3) is 3.04. The van der Waals surface area contributed by atoms with Gasteiger partial charge in [-0.15, -0.1) is 0 Å². The van der Waals surface area contributed by atoms with Crippen LogP contribution in [0.3, 0.4) is 0 Å². The molecule has 5 nitrogen and oxygen atoms in total. The van der Waals surface area contributed by atoms with Crippen molar-refractivity contribution in [1.29, 1.82) is 0 Å². The Morgan fingerprint density at radius 3 is 2.76 bits per heavy atom. The van der Waals surface area contributed by atoms with Gasteiger partial charge in [0.2, 0.25) is 0 Å². The average Bonchev–Trinajstić information content (AvgIpc) is 2.80. The monoisotopic (exact) mass is 239 g/mol. The number of aliphatic hydroxyl groups is 1. The number of nitrogens with two attached hydrogens (primary N) is 1. The Balaban J connectivity index is 1.98. The second-order valence-electron chi connectivity index (χ2n) is 5.04. The number of hydrogen-bond donors (Lipinski definition) is 2. The van der Waals surface area contributed by atoms with Gasteiger partial charge in [0, 0.05) is 5.92 Å². The maximum atomic E-state index is 9.70. The third-order valence-corrected chi connectivity index (χ3v) is 3.56. The van der Waals surface area contributed by atoms with Crippen LogP contribution in [0.25, 0.3) is 0 Å². The van der Waals surface area contributed by atoms with Crippen LogP contribution < -0.4 is 5.73 Å². The van der Waals surface area contributed by atoms with Crippen LogP contribution in [0.2, 0.25) is 0 Å². The third-order valence-electron chi connectivity index (χ3n) is 3.56. The summed E-state index contributed by atoms with van der Waals surface area (Å²) in [4.78, 5) is 4.29. The Kier molecular flexibility index (Phi) is 4.12. The van der Waals surface area contributed by atoms with Gasteiger partial charge in [0.15, 0.2) is 5.82 Å². The first-order valence-electron chi connectivity index (χ1n) is 6.42. The molecule has 0 spiro atoms. The fourth-order valence-corrected chi connectivity index (χ4v) is 2.35. The molecule has 0 aliphatic heterocycles. The van der Waals surface area contributed by atoms with Gasteiger partial charge in [-0.2, -0.15) is 4.98 Å². The molecule has 1 aliphatic carbocycles. The van der Waals surface area contributed by atoms with Gasteiger partial charge in [-0.05, 0) is 31.7 Å². The van der Waals surface area contributed by atoms with Gasteiger partial charge < -0.3 is 15.4 Å². The van der Waals surface area contributed by atoms with Gasteiger partial charge in [0.1, 0.15) is 6.10 Å². The van der Waals surface area contributed by atoms with E-state index in [1.807, 2.05) is 0 Å². The van der Waals surface area contributed by atoms with E-state index in [9.17, 15) is 5.11 Å². The average molecular weight is 239 g/mol. The minimum Gasteiger partial charge on any atom is -0.383 e. The fraction of sp³-hybridized carbons (Fsp3) is 0.833. The van der Waals surface area contributed by atoms with Crippen molar-refractivity contribution in [3.8, 4) is 0 Å². The van der Waals surface area contributed by atoms with Crippen molar-refractivity contribution in [2.75, 3.05) is 6.54 Å². The van der Waals surface area contributed by atoms with Gasteiger partial charge in [0.05, 0.1) is 0 Å². The van der Waals surface area contributed by atoms with Crippen molar-refractivity contribution in [1.82, 2.24) is 10.1 Å². The van der Waals surface area contributed by atoms with Crippen molar-refractivity contribution in [3.05, 3.63) is 11.7 Å². The molecule has 1 aromatic heterocycles. The molecule has 5 heteroatoms. The zero-order valence-corrected chi connectivity index (χ0v) is 10.3. The molecule has 1 saturated carbocycles. The summed E-state index contributed by atoms with van der Waals surface area (Å²) >= 11 is 0. The molecule has 1 aromatic rings. The zero-order valence-electron chi connectivity index (χ0n) is 10.3. The lowest BCUT2D eigenvalue weighted by molar-refractivity contribution is 0.127. The molecule has 0 amide bonds. The standard InChI is InChI=1S/C12H21N3O2/c1-8-2-4-9(5-3-8)11-14-12(17-15-11)10(16)6-7-13/h8-10,16H,2-7,13H2,1H3. The molecule has 3 N–H and O–H groups in total.